The molecule has 0 amide bonds. The van der Waals surface area contributed by atoms with Crippen LogP contribution in [0.1, 0.15) is 59.8 Å². The second kappa shape index (κ2) is 6.30. The van der Waals surface area contributed by atoms with Crippen molar-refractivity contribution in [1.82, 2.24) is 5.32 Å². The van der Waals surface area contributed by atoms with E-state index < -0.39 is 0 Å². The molecular formula is C17H31NO. The van der Waals surface area contributed by atoms with Crippen LogP contribution in [0.15, 0.2) is 11.8 Å². The van der Waals surface area contributed by atoms with Crippen molar-refractivity contribution in [2.45, 2.75) is 65.8 Å². The normalized spacial score (nSPS) is 29.8. The smallest absolute Gasteiger partial charge is 0.109 e. The van der Waals surface area contributed by atoms with Gasteiger partial charge in [0.05, 0.1) is 12.6 Å². The first-order chi connectivity index (χ1) is 9.02. The van der Waals surface area contributed by atoms with E-state index in [1.807, 2.05) is 0 Å². The van der Waals surface area contributed by atoms with Gasteiger partial charge in [-0.2, -0.15) is 0 Å². The first-order valence-corrected chi connectivity index (χ1v) is 8.08. The molecule has 1 atom stereocenters. The molecule has 19 heavy (non-hydrogen) atoms. The van der Waals surface area contributed by atoms with Crippen LogP contribution in [-0.4, -0.2) is 19.2 Å². The molecule has 1 aliphatic carbocycles. The molecule has 0 aromatic carbocycles. The Hall–Kier alpha value is -0.500. The Balaban J connectivity index is 1.94. The molecule has 0 bridgehead atoms. The molecule has 0 radical (unpaired) electrons. The number of likely N-dealkylation sites (N-methyl/N-ethyl adjacent to an activating group) is 1. The van der Waals surface area contributed by atoms with E-state index in [2.05, 4.69) is 39.1 Å². The summed E-state index contributed by atoms with van der Waals surface area (Å²) < 4.78 is 5.81. The molecule has 2 heteroatoms. The van der Waals surface area contributed by atoms with Crippen LogP contribution >= 0.6 is 0 Å². The van der Waals surface area contributed by atoms with Crippen molar-refractivity contribution in [2.24, 2.45) is 17.3 Å². The molecule has 1 saturated carbocycles. The summed E-state index contributed by atoms with van der Waals surface area (Å²) in [5.74, 6) is 2.88. The zero-order valence-corrected chi connectivity index (χ0v) is 13.2. The average Bonchev–Trinajstić information content (AvgIpc) is 2.89. The van der Waals surface area contributed by atoms with Crippen molar-refractivity contribution in [2.75, 3.05) is 13.2 Å². The predicted octanol–water partition coefficient (Wildman–Crippen LogP) is 4.12. The molecule has 1 aliphatic heterocycles. The predicted molar refractivity (Wildman–Crippen MR) is 81.0 cm³/mol. The van der Waals surface area contributed by atoms with Gasteiger partial charge in [0.15, 0.2) is 0 Å². The maximum absolute atomic E-state index is 5.81. The molecule has 0 aromatic rings. The molecule has 2 aliphatic rings. The molecule has 1 N–H and O–H groups in total. The molecule has 1 heterocycles. The third-order valence-corrected chi connectivity index (χ3v) is 4.93. The van der Waals surface area contributed by atoms with Gasteiger partial charge in [-0.15, -0.1) is 0 Å². The van der Waals surface area contributed by atoms with Crippen molar-refractivity contribution in [1.29, 1.82) is 0 Å². The van der Waals surface area contributed by atoms with Crippen LogP contribution in [0.25, 0.3) is 0 Å². The van der Waals surface area contributed by atoms with E-state index in [9.17, 15) is 0 Å². The standard InChI is InChI=1S/C17H31NO/c1-5-18-16(15-7-6-12-19-15)13-8-10-14(11-9-13)17(2,3)4/h7,13-14,16,18H,5-6,8-12H2,1-4H3. The molecule has 0 aromatic heterocycles. The monoisotopic (exact) mass is 265 g/mol. The lowest BCUT2D eigenvalue weighted by Crippen LogP contribution is -2.40. The van der Waals surface area contributed by atoms with E-state index in [4.69, 9.17) is 4.74 Å². The fourth-order valence-electron chi connectivity index (χ4n) is 3.69. The van der Waals surface area contributed by atoms with Gasteiger partial charge in [0.25, 0.3) is 0 Å². The van der Waals surface area contributed by atoms with Gasteiger partial charge in [-0.05, 0) is 55.6 Å². The van der Waals surface area contributed by atoms with Crippen LogP contribution < -0.4 is 5.32 Å². The number of nitrogens with one attached hydrogen (secondary N) is 1. The van der Waals surface area contributed by atoms with Gasteiger partial charge < -0.3 is 10.1 Å². The average molecular weight is 265 g/mol. The van der Waals surface area contributed by atoms with E-state index in [0.29, 0.717) is 11.5 Å². The molecule has 2 rings (SSSR count). The Morgan fingerprint density at radius 3 is 2.42 bits per heavy atom. The molecular weight excluding hydrogens is 234 g/mol. The maximum Gasteiger partial charge on any atom is 0.109 e. The van der Waals surface area contributed by atoms with Crippen molar-refractivity contribution < 1.29 is 4.74 Å². The first-order valence-electron chi connectivity index (χ1n) is 8.08. The Morgan fingerprint density at radius 1 is 1.26 bits per heavy atom. The second-order valence-electron chi connectivity index (χ2n) is 7.26. The number of ether oxygens (including phenoxy) is 1. The molecule has 2 nitrogen and oxygen atoms in total. The van der Waals surface area contributed by atoms with E-state index in [1.54, 1.807) is 0 Å². The van der Waals surface area contributed by atoms with Gasteiger partial charge >= 0.3 is 0 Å². The topological polar surface area (TPSA) is 21.3 Å². The van der Waals surface area contributed by atoms with Gasteiger partial charge in [0, 0.05) is 6.42 Å². The summed E-state index contributed by atoms with van der Waals surface area (Å²) in [6.07, 6.45) is 8.84. The summed E-state index contributed by atoms with van der Waals surface area (Å²) in [6.45, 7) is 11.3. The highest BCUT2D eigenvalue weighted by atomic mass is 16.5. The molecule has 1 unspecified atom stereocenters. The lowest BCUT2D eigenvalue weighted by molar-refractivity contribution is 0.119. The van der Waals surface area contributed by atoms with Gasteiger partial charge in [0.1, 0.15) is 5.76 Å². The quantitative estimate of drug-likeness (QED) is 0.825. The SMILES string of the molecule is CCNC(C1=CCCO1)C1CCC(C(C)(C)C)CC1. The highest BCUT2D eigenvalue weighted by molar-refractivity contribution is 5.09. The Labute approximate surface area is 119 Å². The van der Waals surface area contributed by atoms with Crippen molar-refractivity contribution in [3.8, 4) is 0 Å². The summed E-state index contributed by atoms with van der Waals surface area (Å²) in [4.78, 5) is 0. The Kier molecular flexibility index (Phi) is 4.94. The zero-order valence-electron chi connectivity index (χ0n) is 13.2. The van der Waals surface area contributed by atoms with Crippen LogP contribution in [0.2, 0.25) is 0 Å². The van der Waals surface area contributed by atoms with E-state index in [1.165, 1.54) is 31.4 Å². The molecule has 0 spiro atoms. The second-order valence-corrected chi connectivity index (χ2v) is 7.26. The van der Waals surface area contributed by atoms with Crippen LogP contribution in [0.3, 0.4) is 0 Å². The highest BCUT2D eigenvalue weighted by Crippen LogP contribution is 2.41. The largest absolute Gasteiger partial charge is 0.496 e. The first kappa shape index (κ1) is 14.9. The Bertz CT molecular complexity index is 308. The molecule has 0 saturated heterocycles. The highest BCUT2D eigenvalue weighted by Gasteiger charge is 2.34. The number of rotatable bonds is 4. The van der Waals surface area contributed by atoms with Crippen molar-refractivity contribution >= 4 is 0 Å². The third kappa shape index (κ3) is 3.75. The minimum Gasteiger partial charge on any atom is -0.496 e. The molecule has 1 fully saturated rings. The van der Waals surface area contributed by atoms with Gasteiger partial charge in [0.2, 0.25) is 0 Å². The number of hydrogen-bond acceptors (Lipinski definition) is 2. The lowest BCUT2D eigenvalue weighted by Gasteiger charge is -2.39. The summed E-state index contributed by atoms with van der Waals surface area (Å²) in [7, 11) is 0. The minimum absolute atomic E-state index is 0.466. The zero-order chi connectivity index (χ0) is 13.9. The van der Waals surface area contributed by atoms with E-state index >= 15 is 0 Å². The summed E-state index contributed by atoms with van der Waals surface area (Å²) in [6, 6.07) is 0.466. The summed E-state index contributed by atoms with van der Waals surface area (Å²) in [5, 5.41) is 3.65. The van der Waals surface area contributed by atoms with Crippen LogP contribution in [0.5, 0.6) is 0 Å². The number of hydrogen-bond donors (Lipinski definition) is 1. The van der Waals surface area contributed by atoms with Gasteiger partial charge in [-0.3, -0.25) is 0 Å². The van der Waals surface area contributed by atoms with Gasteiger partial charge in [-0.1, -0.05) is 27.7 Å². The fourth-order valence-corrected chi connectivity index (χ4v) is 3.69. The third-order valence-electron chi connectivity index (χ3n) is 4.93. The summed E-state index contributed by atoms with van der Waals surface area (Å²) in [5.41, 5.74) is 0.474. The van der Waals surface area contributed by atoms with Crippen LogP contribution in [-0.2, 0) is 4.74 Å². The fraction of sp³-hybridized carbons (Fsp3) is 0.882. The Morgan fingerprint density at radius 2 is 1.95 bits per heavy atom. The van der Waals surface area contributed by atoms with Gasteiger partial charge in [-0.25, -0.2) is 0 Å². The maximum atomic E-state index is 5.81. The lowest BCUT2D eigenvalue weighted by atomic mass is 9.68. The van der Waals surface area contributed by atoms with Crippen LogP contribution in [0, 0.1) is 17.3 Å². The minimum atomic E-state index is 0.466. The van der Waals surface area contributed by atoms with Crippen molar-refractivity contribution in [3.63, 3.8) is 0 Å². The molecule has 110 valence electrons. The van der Waals surface area contributed by atoms with E-state index in [0.717, 1.165) is 31.4 Å². The van der Waals surface area contributed by atoms with E-state index in [-0.39, 0.29) is 0 Å². The summed E-state index contributed by atoms with van der Waals surface area (Å²) >= 11 is 0. The van der Waals surface area contributed by atoms with Crippen LogP contribution in [0.4, 0.5) is 0 Å². The van der Waals surface area contributed by atoms with Crippen molar-refractivity contribution in [3.05, 3.63) is 11.8 Å².